The minimum atomic E-state index is -0.600. The van der Waals surface area contributed by atoms with Crippen LogP contribution in [0.3, 0.4) is 0 Å². The smallest absolute Gasteiger partial charge is 0.283 e. The first-order valence-corrected chi connectivity index (χ1v) is 9.86. The van der Waals surface area contributed by atoms with Crippen molar-refractivity contribution in [3.05, 3.63) is 74.3 Å². The number of halogens is 1. The second-order valence-electron chi connectivity index (χ2n) is 7.23. The van der Waals surface area contributed by atoms with Crippen molar-refractivity contribution in [2.75, 3.05) is 6.54 Å². The third-order valence-electron chi connectivity index (χ3n) is 5.20. The molecule has 1 aliphatic rings. The van der Waals surface area contributed by atoms with Gasteiger partial charge in [0.1, 0.15) is 5.56 Å². The van der Waals surface area contributed by atoms with Crippen LogP contribution in [0.1, 0.15) is 47.7 Å². The normalized spacial score (nSPS) is 17.3. The van der Waals surface area contributed by atoms with Crippen molar-refractivity contribution < 1.29 is 9.72 Å². The topological polar surface area (TPSA) is 75.5 Å². The maximum atomic E-state index is 12.4. The highest BCUT2D eigenvalue weighted by molar-refractivity contribution is 6.31. The number of hydrogen-bond acceptors (Lipinski definition) is 4. The Morgan fingerprint density at radius 3 is 2.61 bits per heavy atom. The van der Waals surface area contributed by atoms with Crippen LogP contribution in [0.15, 0.2) is 42.5 Å². The van der Waals surface area contributed by atoms with Gasteiger partial charge in [-0.25, -0.2) is 0 Å². The van der Waals surface area contributed by atoms with Crippen LogP contribution in [-0.2, 0) is 13.1 Å². The van der Waals surface area contributed by atoms with Gasteiger partial charge in [0, 0.05) is 30.2 Å². The monoisotopic (exact) mass is 401 g/mol. The van der Waals surface area contributed by atoms with E-state index in [-0.39, 0.29) is 16.3 Å². The maximum absolute atomic E-state index is 12.4. The van der Waals surface area contributed by atoms with Crippen LogP contribution in [0.5, 0.6) is 0 Å². The fourth-order valence-corrected chi connectivity index (χ4v) is 3.68. The number of carbonyl (C=O) groups is 1. The Kier molecular flexibility index (Phi) is 6.65. The summed E-state index contributed by atoms with van der Waals surface area (Å²) in [6, 6.07) is 12.8. The number of rotatable bonds is 6. The summed E-state index contributed by atoms with van der Waals surface area (Å²) in [5, 5.41) is 14.1. The highest BCUT2D eigenvalue weighted by Gasteiger charge is 2.20. The molecule has 28 heavy (non-hydrogen) atoms. The molecule has 0 saturated carbocycles. The van der Waals surface area contributed by atoms with Gasteiger partial charge in [0.15, 0.2) is 0 Å². The minimum Gasteiger partial charge on any atom is -0.348 e. The summed E-state index contributed by atoms with van der Waals surface area (Å²) in [4.78, 5) is 25.4. The number of nitrogens with zero attached hydrogens (tertiary/aromatic N) is 2. The molecule has 7 heteroatoms. The average molecular weight is 402 g/mol. The fraction of sp³-hybridized carbons (Fsp3) is 0.381. The molecule has 6 nitrogen and oxygen atoms in total. The number of nitrogens with one attached hydrogen (secondary N) is 1. The zero-order chi connectivity index (χ0) is 20.1. The summed E-state index contributed by atoms with van der Waals surface area (Å²) in [5.41, 5.74) is 1.90. The van der Waals surface area contributed by atoms with E-state index in [9.17, 15) is 14.9 Å². The molecule has 0 spiro atoms. The summed E-state index contributed by atoms with van der Waals surface area (Å²) in [5.74, 6) is -0.491. The van der Waals surface area contributed by atoms with Crippen molar-refractivity contribution in [3.8, 4) is 0 Å². The first-order chi connectivity index (χ1) is 13.4. The van der Waals surface area contributed by atoms with Crippen LogP contribution < -0.4 is 5.32 Å². The molecular formula is C21H24ClN3O3. The average Bonchev–Trinajstić information content (AvgIpc) is 2.69. The van der Waals surface area contributed by atoms with Crippen LogP contribution >= 0.6 is 11.6 Å². The molecule has 0 aromatic heterocycles. The Morgan fingerprint density at radius 1 is 1.21 bits per heavy atom. The lowest BCUT2D eigenvalue weighted by atomic mass is 10.0. The molecule has 1 heterocycles. The lowest BCUT2D eigenvalue weighted by Gasteiger charge is -2.33. The van der Waals surface area contributed by atoms with E-state index in [1.807, 2.05) is 12.1 Å². The Labute approximate surface area is 169 Å². The second-order valence-corrected chi connectivity index (χ2v) is 7.67. The zero-order valence-corrected chi connectivity index (χ0v) is 16.6. The predicted molar refractivity (Wildman–Crippen MR) is 109 cm³/mol. The summed E-state index contributed by atoms with van der Waals surface area (Å²) >= 11 is 5.79. The quantitative estimate of drug-likeness (QED) is 0.569. The molecule has 1 fully saturated rings. The summed E-state index contributed by atoms with van der Waals surface area (Å²) in [6.45, 7) is 4.65. The van der Waals surface area contributed by atoms with Gasteiger partial charge in [0.05, 0.1) is 4.92 Å². The molecule has 1 atom stereocenters. The number of nitro benzene ring substituents is 1. The molecule has 0 radical (unpaired) electrons. The minimum absolute atomic E-state index is 0.00473. The van der Waals surface area contributed by atoms with Crippen LogP contribution in [0.4, 0.5) is 5.69 Å². The van der Waals surface area contributed by atoms with E-state index < -0.39 is 10.8 Å². The lowest BCUT2D eigenvalue weighted by molar-refractivity contribution is -0.385. The van der Waals surface area contributed by atoms with Gasteiger partial charge in [0.25, 0.3) is 11.6 Å². The third-order valence-corrected chi connectivity index (χ3v) is 5.44. The molecule has 2 aromatic carbocycles. The number of piperidine rings is 1. The van der Waals surface area contributed by atoms with Gasteiger partial charge in [-0.15, -0.1) is 0 Å². The van der Waals surface area contributed by atoms with E-state index in [4.69, 9.17) is 11.6 Å². The number of likely N-dealkylation sites (tertiary alicyclic amines) is 1. The van der Waals surface area contributed by atoms with Crippen molar-refractivity contribution in [2.24, 2.45) is 0 Å². The van der Waals surface area contributed by atoms with Crippen LogP contribution in [0.25, 0.3) is 0 Å². The van der Waals surface area contributed by atoms with Crippen LogP contribution in [0, 0.1) is 10.1 Å². The molecule has 3 rings (SSSR count). The number of hydrogen-bond donors (Lipinski definition) is 1. The van der Waals surface area contributed by atoms with Crippen molar-refractivity contribution in [3.63, 3.8) is 0 Å². The molecule has 1 unspecified atom stereocenters. The molecule has 0 aliphatic carbocycles. The van der Waals surface area contributed by atoms with Gasteiger partial charge in [-0.05, 0) is 49.6 Å². The van der Waals surface area contributed by atoms with E-state index in [0.29, 0.717) is 12.6 Å². The van der Waals surface area contributed by atoms with Crippen molar-refractivity contribution in [1.29, 1.82) is 0 Å². The Morgan fingerprint density at radius 2 is 1.93 bits per heavy atom. The number of carbonyl (C=O) groups excluding carboxylic acids is 1. The summed E-state index contributed by atoms with van der Waals surface area (Å²) in [6.07, 6.45) is 3.81. The molecule has 2 aromatic rings. The van der Waals surface area contributed by atoms with Gasteiger partial charge in [-0.1, -0.05) is 42.3 Å². The fourth-order valence-electron chi connectivity index (χ4n) is 3.51. The summed E-state index contributed by atoms with van der Waals surface area (Å²) in [7, 11) is 0. The van der Waals surface area contributed by atoms with E-state index in [0.717, 1.165) is 18.7 Å². The lowest BCUT2D eigenvalue weighted by Crippen LogP contribution is -2.36. The maximum Gasteiger partial charge on any atom is 0.283 e. The van der Waals surface area contributed by atoms with E-state index >= 15 is 0 Å². The number of nitro groups is 1. The molecule has 1 aliphatic heterocycles. The van der Waals surface area contributed by atoms with Crippen molar-refractivity contribution in [2.45, 2.75) is 45.3 Å². The van der Waals surface area contributed by atoms with E-state index in [1.165, 1.54) is 43.0 Å². The van der Waals surface area contributed by atoms with Crippen molar-refractivity contribution >= 4 is 23.2 Å². The molecule has 1 N–H and O–H groups in total. The van der Waals surface area contributed by atoms with Crippen LogP contribution in [-0.4, -0.2) is 28.3 Å². The first-order valence-electron chi connectivity index (χ1n) is 9.48. The van der Waals surface area contributed by atoms with Crippen LogP contribution in [0.2, 0.25) is 5.02 Å². The van der Waals surface area contributed by atoms with Gasteiger partial charge >= 0.3 is 0 Å². The molecule has 1 amide bonds. The molecule has 1 saturated heterocycles. The molecule has 0 bridgehead atoms. The van der Waals surface area contributed by atoms with Gasteiger partial charge < -0.3 is 5.32 Å². The molecular weight excluding hydrogens is 378 g/mol. The number of amides is 1. The highest BCUT2D eigenvalue weighted by atomic mass is 35.5. The predicted octanol–water partition coefficient (Wildman–Crippen LogP) is 4.55. The summed E-state index contributed by atoms with van der Waals surface area (Å²) < 4.78 is 0. The SMILES string of the molecule is CC1CCCCN1Cc1ccc(CNC(=O)c2ccc(Cl)cc2[N+](=O)[O-])cc1. The number of benzene rings is 2. The van der Waals surface area contributed by atoms with Gasteiger partial charge in [0.2, 0.25) is 0 Å². The second kappa shape index (κ2) is 9.17. The molecule has 148 valence electrons. The highest BCUT2D eigenvalue weighted by Crippen LogP contribution is 2.23. The van der Waals surface area contributed by atoms with Gasteiger partial charge in [-0.2, -0.15) is 0 Å². The van der Waals surface area contributed by atoms with E-state index in [2.05, 4.69) is 29.3 Å². The Balaban J connectivity index is 1.59. The largest absolute Gasteiger partial charge is 0.348 e. The standard InChI is InChI=1S/C21H24ClN3O3/c1-15-4-2-3-11-24(15)14-17-7-5-16(6-8-17)13-23-21(26)19-10-9-18(22)12-20(19)25(27)28/h5-10,12,15H,2-4,11,13-14H2,1H3,(H,23,26). The van der Waals surface area contributed by atoms with Crippen molar-refractivity contribution in [1.82, 2.24) is 10.2 Å². The first kappa shape index (κ1) is 20.3. The Bertz CT molecular complexity index is 854. The van der Waals surface area contributed by atoms with Gasteiger partial charge in [-0.3, -0.25) is 19.8 Å². The van der Waals surface area contributed by atoms with E-state index in [1.54, 1.807) is 0 Å². The third kappa shape index (κ3) is 5.09. The Hall–Kier alpha value is -2.44. The zero-order valence-electron chi connectivity index (χ0n) is 15.9.